The lowest BCUT2D eigenvalue weighted by atomic mass is 10.2. The molecule has 2 saturated heterocycles. The number of amides is 1. The lowest BCUT2D eigenvalue weighted by Gasteiger charge is -2.39. The molecule has 0 aromatic carbocycles. The van der Waals surface area contributed by atoms with Crippen LogP contribution in [0.3, 0.4) is 0 Å². The number of nitrogens with zero attached hydrogens (tertiary/aromatic N) is 7. The topological polar surface area (TPSA) is 121 Å². The fourth-order valence-corrected chi connectivity index (χ4v) is 5.64. The zero-order chi connectivity index (χ0) is 23.2. The van der Waals surface area contributed by atoms with Crippen LogP contribution in [0.25, 0.3) is 11.0 Å². The molecule has 0 aliphatic carbocycles. The third-order valence-electron chi connectivity index (χ3n) is 6.18. The van der Waals surface area contributed by atoms with Gasteiger partial charge in [0.15, 0.2) is 0 Å². The van der Waals surface area contributed by atoms with Crippen LogP contribution in [0.4, 0.5) is 0 Å². The van der Waals surface area contributed by atoms with Crippen molar-refractivity contribution in [2.24, 2.45) is 14.1 Å². The quantitative estimate of drug-likeness (QED) is 0.508. The summed E-state index contributed by atoms with van der Waals surface area (Å²) < 4.78 is 31.0. The van der Waals surface area contributed by atoms with Gasteiger partial charge in [0.25, 0.3) is 21.7 Å². The number of carbonyl (C=O) groups is 1. The molecule has 2 fully saturated rings. The van der Waals surface area contributed by atoms with E-state index in [-0.39, 0.29) is 48.7 Å². The molecule has 32 heavy (non-hydrogen) atoms. The third kappa shape index (κ3) is 3.85. The van der Waals surface area contributed by atoms with E-state index in [1.165, 1.54) is 39.5 Å². The number of aryl methyl sites for hydroxylation is 1. The molecule has 0 bridgehead atoms. The summed E-state index contributed by atoms with van der Waals surface area (Å²) in [4.78, 5) is 45.4. The van der Waals surface area contributed by atoms with Crippen LogP contribution in [-0.4, -0.2) is 106 Å². The predicted molar refractivity (Wildman–Crippen MR) is 118 cm³/mol. The maximum Gasteiger partial charge on any atom is 0.332 e. The van der Waals surface area contributed by atoms with E-state index in [1.54, 1.807) is 4.90 Å². The summed E-state index contributed by atoms with van der Waals surface area (Å²) in [5.74, 6) is -0.327. The van der Waals surface area contributed by atoms with Crippen LogP contribution in [0.5, 0.6) is 0 Å². The number of hydrogen-bond donors (Lipinski definition) is 0. The molecule has 4 rings (SSSR count). The first-order chi connectivity index (χ1) is 15.1. The van der Waals surface area contributed by atoms with Gasteiger partial charge < -0.3 is 9.80 Å². The Bertz CT molecular complexity index is 1270. The zero-order valence-corrected chi connectivity index (χ0v) is 19.2. The van der Waals surface area contributed by atoms with Gasteiger partial charge in [0.1, 0.15) is 5.65 Å². The van der Waals surface area contributed by atoms with E-state index in [2.05, 4.69) is 9.88 Å². The number of likely N-dealkylation sites (N-methyl/N-ethyl adjacent to an activating group) is 1. The molecule has 12 nitrogen and oxygen atoms in total. The highest BCUT2D eigenvalue weighted by molar-refractivity contribution is 7.86. The van der Waals surface area contributed by atoms with Crippen molar-refractivity contribution in [1.29, 1.82) is 0 Å². The first-order valence-corrected chi connectivity index (χ1v) is 11.8. The van der Waals surface area contributed by atoms with Gasteiger partial charge in [-0.2, -0.15) is 17.0 Å². The van der Waals surface area contributed by atoms with Gasteiger partial charge in [-0.05, 0) is 13.1 Å². The fourth-order valence-electron chi connectivity index (χ4n) is 4.07. The minimum absolute atomic E-state index is 0.178. The van der Waals surface area contributed by atoms with Crippen LogP contribution in [0, 0.1) is 0 Å². The molecule has 2 aliphatic rings. The average molecular weight is 466 g/mol. The van der Waals surface area contributed by atoms with Crippen molar-refractivity contribution >= 4 is 27.1 Å². The Kier molecular flexibility index (Phi) is 5.92. The van der Waals surface area contributed by atoms with Gasteiger partial charge in [-0.1, -0.05) is 0 Å². The SMILES string of the molecule is CN1CCN(S(=O)(=O)N2CCN(C(=O)c3cnc4c(c3)c(=O)n(C)c(=O)n4C)CC2)CC1. The third-order valence-corrected chi connectivity index (χ3v) is 8.22. The highest BCUT2D eigenvalue weighted by Gasteiger charge is 2.35. The lowest BCUT2D eigenvalue weighted by Crippen LogP contribution is -2.57. The van der Waals surface area contributed by atoms with E-state index >= 15 is 0 Å². The van der Waals surface area contributed by atoms with Gasteiger partial charge in [0.2, 0.25) is 0 Å². The second-order valence-corrected chi connectivity index (χ2v) is 10.1. The first kappa shape index (κ1) is 22.6. The summed E-state index contributed by atoms with van der Waals surface area (Å²) in [6.07, 6.45) is 1.34. The molecule has 174 valence electrons. The highest BCUT2D eigenvalue weighted by Crippen LogP contribution is 2.17. The summed E-state index contributed by atoms with van der Waals surface area (Å²) in [5.41, 5.74) is -0.582. The maximum absolute atomic E-state index is 13.0. The van der Waals surface area contributed by atoms with Crippen LogP contribution in [0.1, 0.15) is 10.4 Å². The molecule has 2 aromatic rings. The number of piperazine rings is 2. The zero-order valence-electron chi connectivity index (χ0n) is 18.4. The Morgan fingerprint density at radius 3 is 2.03 bits per heavy atom. The van der Waals surface area contributed by atoms with E-state index in [4.69, 9.17) is 0 Å². The Hall–Kier alpha value is -2.61. The van der Waals surface area contributed by atoms with Crippen LogP contribution in [0.15, 0.2) is 21.9 Å². The Balaban J connectivity index is 1.50. The van der Waals surface area contributed by atoms with Crippen LogP contribution in [-0.2, 0) is 24.3 Å². The molecular weight excluding hydrogens is 438 g/mol. The number of aromatic nitrogens is 3. The smallest absolute Gasteiger partial charge is 0.332 e. The van der Waals surface area contributed by atoms with E-state index in [0.29, 0.717) is 26.2 Å². The van der Waals surface area contributed by atoms with Crippen molar-refractivity contribution in [2.45, 2.75) is 0 Å². The number of pyridine rings is 1. The molecular formula is C19H27N7O5S. The van der Waals surface area contributed by atoms with Gasteiger partial charge in [0.05, 0.1) is 10.9 Å². The number of rotatable bonds is 3. The largest absolute Gasteiger partial charge is 0.336 e. The van der Waals surface area contributed by atoms with Crippen LogP contribution < -0.4 is 11.2 Å². The minimum Gasteiger partial charge on any atom is -0.336 e. The Morgan fingerprint density at radius 2 is 1.44 bits per heavy atom. The monoisotopic (exact) mass is 465 g/mol. The molecule has 13 heteroatoms. The molecule has 2 aliphatic heterocycles. The molecule has 1 amide bonds. The number of hydrogen-bond acceptors (Lipinski definition) is 7. The molecule has 0 N–H and O–H groups in total. The molecule has 0 unspecified atom stereocenters. The van der Waals surface area contributed by atoms with E-state index < -0.39 is 21.5 Å². The predicted octanol–water partition coefficient (Wildman–Crippen LogP) is -2.12. The summed E-state index contributed by atoms with van der Waals surface area (Å²) in [6, 6.07) is 1.44. The van der Waals surface area contributed by atoms with Crippen molar-refractivity contribution in [2.75, 3.05) is 59.4 Å². The highest BCUT2D eigenvalue weighted by atomic mass is 32.2. The van der Waals surface area contributed by atoms with Crippen molar-refractivity contribution in [3.05, 3.63) is 38.7 Å². The summed E-state index contributed by atoms with van der Waals surface area (Å²) in [6.45, 7) is 3.20. The van der Waals surface area contributed by atoms with Crippen molar-refractivity contribution in [3.8, 4) is 0 Å². The molecule has 4 heterocycles. The normalized spacial score (nSPS) is 19.5. The first-order valence-electron chi connectivity index (χ1n) is 10.4. The van der Waals surface area contributed by atoms with Crippen molar-refractivity contribution in [1.82, 2.24) is 32.5 Å². The van der Waals surface area contributed by atoms with Gasteiger partial charge in [-0.25, -0.2) is 9.78 Å². The van der Waals surface area contributed by atoms with E-state index in [1.807, 2.05) is 7.05 Å². The van der Waals surface area contributed by atoms with Crippen molar-refractivity contribution < 1.29 is 13.2 Å². The Morgan fingerprint density at radius 1 is 0.875 bits per heavy atom. The maximum atomic E-state index is 13.0. The van der Waals surface area contributed by atoms with Crippen LogP contribution >= 0.6 is 0 Å². The summed E-state index contributed by atoms with van der Waals surface area (Å²) >= 11 is 0. The molecule has 0 saturated carbocycles. The molecule has 0 atom stereocenters. The standard InChI is InChI=1S/C19H27N7O5S/c1-21-4-8-25(9-5-21)32(30,31)26-10-6-24(7-11-26)17(27)14-12-15-16(20-13-14)22(2)19(29)23(3)18(15)28/h12-13H,4-11H2,1-3H3. The Labute approximate surface area is 185 Å². The molecule has 0 radical (unpaired) electrons. The van der Waals surface area contributed by atoms with Gasteiger partial charge in [0, 0.05) is 72.7 Å². The van der Waals surface area contributed by atoms with Gasteiger partial charge in [-0.3, -0.25) is 18.7 Å². The number of fused-ring (bicyclic) bond motifs is 1. The second-order valence-electron chi connectivity index (χ2n) is 8.20. The molecule has 2 aromatic heterocycles. The van der Waals surface area contributed by atoms with E-state index in [9.17, 15) is 22.8 Å². The minimum atomic E-state index is -3.56. The average Bonchev–Trinajstić information content (AvgIpc) is 2.81. The summed E-state index contributed by atoms with van der Waals surface area (Å²) in [5, 5.41) is 0.178. The lowest BCUT2D eigenvalue weighted by molar-refractivity contribution is 0.0692. The van der Waals surface area contributed by atoms with Gasteiger partial charge in [-0.15, -0.1) is 0 Å². The number of carbonyl (C=O) groups excluding carboxylic acids is 1. The fraction of sp³-hybridized carbons (Fsp3) is 0.579. The van der Waals surface area contributed by atoms with Crippen LogP contribution in [0.2, 0.25) is 0 Å². The second kappa shape index (κ2) is 8.39. The molecule has 0 spiro atoms. The summed E-state index contributed by atoms with van der Waals surface area (Å²) in [7, 11) is 1.29. The van der Waals surface area contributed by atoms with E-state index in [0.717, 1.165) is 4.57 Å². The van der Waals surface area contributed by atoms with Gasteiger partial charge >= 0.3 is 5.69 Å². The van der Waals surface area contributed by atoms with Crippen molar-refractivity contribution in [3.63, 3.8) is 0 Å².